The smallest absolute Gasteiger partial charge is 0.253 e. The zero-order chi connectivity index (χ0) is 16.2. The number of carbonyl (C=O) groups excluding carboxylic acids is 1. The van der Waals surface area contributed by atoms with Crippen molar-refractivity contribution in [2.24, 2.45) is 5.92 Å². The van der Waals surface area contributed by atoms with Crippen LogP contribution in [0.1, 0.15) is 50.4 Å². The lowest BCUT2D eigenvalue weighted by Gasteiger charge is -2.28. The third kappa shape index (κ3) is 3.77. The van der Waals surface area contributed by atoms with E-state index in [4.69, 9.17) is 0 Å². The Kier molecular flexibility index (Phi) is 5.40. The lowest BCUT2D eigenvalue weighted by Crippen LogP contribution is -2.50. The van der Waals surface area contributed by atoms with Gasteiger partial charge in [-0.3, -0.25) is 4.79 Å². The van der Waals surface area contributed by atoms with E-state index in [-0.39, 0.29) is 12.5 Å². The van der Waals surface area contributed by atoms with Gasteiger partial charge in [0, 0.05) is 19.3 Å². The molecule has 1 unspecified atom stereocenters. The summed E-state index contributed by atoms with van der Waals surface area (Å²) >= 11 is 0. The number of rotatable bonds is 8. The number of nitrogens with zero attached hydrogens (tertiary/aromatic N) is 2. The van der Waals surface area contributed by atoms with Crippen LogP contribution in [0.5, 0.6) is 0 Å². The summed E-state index contributed by atoms with van der Waals surface area (Å²) in [6.45, 7) is 7.97. The maximum Gasteiger partial charge on any atom is 0.253 e. The first-order valence-electron chi connectivity index (χ1n) is 8.18. The van der Waals surface area contributed by atoms with Crippen LogP contribution in [0.3, 0.4) is 0 Å². The molecule has 1 aromatic rings. The molecule has 0 saturated heterocycles. The van der Waals surface area contributed by atoms with Gasteiger partial charge in [-0.05, 0) is 51.2 Å². The van der Waals surface area contributed by atoms with E-state index >= 15 is 0 Å². The van der Waals surface area contributed by atoms with E-state index in [0.717, 1.165) is 38.2 Å². The fourth-order valence-corrected chi connectivity index (χ4v) is 2.73. The molecule has 1 aromatic heterocycles. The molecule has 0 radical (unpaired) electrons. The number of aromatic nitrogens is 1. The summed E-state index contributed by atoms with van der Waals surface area (Å²) in [7, 11) is 0. The largest absolute Gasteiger partial charge is 0.394 e. The minimum atomic E-state index is -0.520. The molecule has 0 bridgehead atoms. The molecule has 22 heavy (non-hydrogen) atoms. The van der Waals surface area contributed by atoms with Gasteiger partial charge in [0.05, 0.1) is 17.7 Å². The normalized spacial score (nSPS) is 16.9. The Morgan fingerprint density at radius 3 is 2.64 bits per heavy atom. The molecule has 1 amide bonds. The quantitative estimate of drug-likeness (QED) is 0.773. The van der Waals surface area contributed by atoms with E-state index in [0.29, 0.717) is 11.5 Å². The predicted molar refractivity (Wildman–Crippen MR) is 88.1 cm³/mol. The predicted octanol–water partition coefficient (Wildman–Crippen LogP) is 2.21. The van der Waals surface area contributed by atoms with Gasteiger partial charge >= 0.3 is 0 Å². The Labute approximate surface area is 132 Å². The Bertz CT molecular complexity index is 499. The van der Waals surface area contributed by atoms with E-state index in [1.807, 2.05) is 13.0 Å². The minimum Gasteiger partial charge on any atom is -0.394 e. The van der Waals surface area contributed by atoms with E-state index in [1.54, 1.807) is 12.3 Å². The summed E-state index contributed by atoms with van der Waals surface area (Å²) in [6.07, 6.45) is 4.82. The first-order chi connectivity index (χ1) is 10.5. The van der Waals surface area contributed by atoms with Gasteiger partial charge in [0.1, 0.15) is 5.82 Å². The molecule has 2 N–H and O–H groups in total. The van der Waals surface area contributed by atoms with Gasteiger partial charge < -0.3 is 15.3 Å². The molecule has 2 rings (SSSR count). The fraction of sp³-hybridized carbons (Fsp3) is 0.647. The standard InChI is InChI=1S/C17H27N3O2/c1-4-10-20(5-2)15-9-6-13(11-18-15)16(22)19-17(3,12-21)14-7-8-14/h6,9,11,14,21H,4-5,7-8,10,12H2,1-3H3,(H,19,22). The van der Waals surface area contributed by atoms with Gasteiger partial charge in [-0.2, -0.15) is 0 Å². The molecule has 5 nitrogen and oxygen atoms in total. The summed E-state index contributed by atoms with van der Waals surface area (Å²) in [5.74, 6) is 1.11. The van der Waals surface area contributed by atoms with E-state index in [9.17, 15) is 9.90 Å². The molecule has 1 heterocycles. The molecule has 1 aliphatic carbocycles. The van der Waals surface area contributed by atoms with Gasteiger partial charge in [-0.15, -0.1) is 0 Å². The topological polar surface area (TPSA) is 65.5 Å². The monoisotopic (exact) mass is 305 g/mol. The molecule has 5 heteroatoms. The van der Waals surface area contributed by atoms with Crippen molar-refractivity contribution in [2.45, 2.75) is 45.6 Å². The van der Waals surface area contributed by atoms with Crippen molar-refractivity contribution in [3.05, 3.63) is 23.9 Å². The number of anilines is 1. The number of aliphatic hydroxyl groups is 1. The highest BCUT2D eigenvalue weighted by Crippen LogP contribution is 2.39. The number of aliphatic hydroxyl groups excluding tert-OH is 1. The SMILES string of the molecule is CCCN(CC)c1ccc(C(=O)NC(C)(CO)C2CC2)cn1. The van der Waals surface area contributed by atoms with E-state index < -0.39 is 5.54 Å². The molecule has 1 aliphatic rings. The number of hydrogen-bond donors (Lipinski definition) is 2. The highest BCUT2D eigenvalue weighted by Gasteiger charge is 2.42. The van der Waals surface area contributed by atoms with Gasteiger partial charge in [0.25, 0.3) is 5.91 Å². The zero-order valence-electron chi connectivity index (χ0n) is 13.8. The van der Waals surface area contributed by atoms with Gasteiger partial charge in [-0.1, -0.05) is 6.92 Å². The number of pyridine rings is 1. The summed E-state index contributed by atoms with van der Waals surface area (Å²) in [5, 5.41) is 12.5. The van der Waals surface area contributed by atoms with Crippen molar-refractivity contribution in [1.29, 1.82) is 0 Å². The molecule has 1 atom stereocenters. The number of hydrogen-bond acceptors (Lipinski definition) is 4. The molecule has 1 saturated carbocycles. The van der Waals surface area contributed by atoms with Crippen LogP contribution in [0, 0.1) is 5.92 Å². The first-order valence-corrected chi connectivity index (χ1v) is 8.18. The average molecular weight is 305 g/mol. The highest BCUT2D eigenvalue weighted by atomic mass is 16.3. The van der Waals surface area contributed by atoms with Crippen molar-refractivity contribution in [2.75, 3.05) is 24.6 Å². The van der Waals surface area contributed by atoms with Gasteiger partial charge in [0.15, 0.2) is 0 Å². The van der Waals surface area contributed by atoms with Crippen LogP contribution in [0.15, 0.2) is 18.3 Å². The second kappa shape index (κ2) is 7.09. The zero-order valence-corrected chi connectivity index (χ0v) is 13.8. The third-order valence-corrected chi connectivity index (χ3v) is 4.42. The Morgan fingerprint density at radius 2 is 2.18 bits per heavy atom. The molecular weight excluding hydrogens is 278 g/mol. The van der Waals surface area contributed by atoms with Crippen LogP contribution in [0.25, 0.3) is 0 Å². The average Bonchev–Trinajstić information content (AvgIpc) is 3.38. The summed E-state index contributed by atoms with van der Waals surface area (Å²) in [5.41, 5.74) is 0.0181. The van der Waals surface area contributed by atoms with Crippen molar-refractivity contribution >= 4 is 11.7 Å². The lowest BCUT2D eigenvalue weighted by atomic mass is 9.96. The first kappa shape index (κ1) is 16.7. The molecule has 0 spiro atoms. The minimum absolute atomic E-state index is 0.0327. The van der Waals surface area contributed by atoms with Crippen LogP contribution >= 0.6 is 0 Å². The van der Waals surface area contributed by atoms with Crippen LogP contribution in [0.4, 0.5) is 5.82 Å². The third-order valence-electron chi connectivity index (χ3n) is 4.42. The highest BCUT2D eigenvalue weighted by molar-refractivity contribution is 5.94. The van der Waals surface area contributed by atoms with E-state index in [2.05, 4.69) is 29.0 Å². The van der Waals surface area contributed by atoms with Gasteiger partial charge in [-0.25, -0.2) is 4.98 Å². The maximum absolute atomic E-state index is 12.4. The van der Waals surface area contributed by atoms with E-state index in [1.165, 1.54) is 0 Å². The fourth-order valence-electron chi connectivity index (χ4n) is 2.73. The second-order valence-electron chi connectivity index (χ2n) is 6.29. The van der Waals surface area contributed by atoms with Crippen LogP contribution in [0.2, 0.25) is 0 Å². The Morgan fingerprint density at radius 1 is 1.45 bits per heavy atom. The molecule has 1 fully saturated rings. The van der Waals surface area contributed by atoms with Crippen molar-refractivity contribution in [1.82, 2.24) is 10.3 Å². The van der Waals surface area contributed by atoms with Crippen molar-refractivity contribution in [3.63, 3.8) is 0 Å². The Hall–Kier alpha value is -1.62. The lowest BCUT2D eigenvalue weighted by molar-refractivity contribution is 0.0824. The van der Waals surface area contributed by atoms with Crippen LogP contribution in [-0.4, -0.2) is 41.2 Å². The summed E-state index contributed by atoms with van der Waals surface area (Å²) in [6, 6.07) is 3.70. The number of nitrogens with one attached hydrogen (secondary N) is 1. The molecule has 0 aliphatic heterocycles. The number of carbonyl (C=O) groups is 1. The van der Waals surface area contributed by atoms with Gasteiger partial charge in [0.2, 0.25) is 0 Å². The molecular formula is C17H27N3O2. The van der Waals surface area contributed by atoms with Crippen molar-refractivity contribution < 1.29 is 9.90 Å². The molecule has 122 valence electrons. The summed E-state index contributed by atoms with van der Waals surface area (Å²) in [4.78, 5) is 18.9. The number of amides is 1. The van der Waals surface area contributed by atoms with Crippen molar-refractivity contribution in [3.8, 4) is 0 Å². The Balaban J connectivity index is 2.04. The van der Waals surface area contributed by atoms with Crippen LogP contribution in [-0.2, 0) is 0 Å². The van der Waals surface area contributed by atoms with Crippen LogP contribution < -0.4 is 10.2 Å². The molecule has 0 aromatic carbocycles. The second-order valence-corrected chi connectivity index (χ2v) is 6.29. The summed E-state index contributed by atoms with van der Waals surface area (Å²) < 4.78 is 0. The maximum atomic E-state index is 12.4.